The van der Waals surface area contributed by atoms with Crippen molar-refractivity contribution in [3.8, 4) is 5.69 Å². The number of anilines is 1. The maximum atomic E-state index is 12.9. The number of carbonyl (C=O) groups is 1. The van der Waals surface area contributed by atoms with E-state index >= 15 is 0 Å². The largest absolute Gasteiger partial charge is 0.351 e. The molecule has 1 saturated carbocycles. The summed E-state index contributed by atoms with van der Waals surface area (Å²) in [6.07, 6.45) is 2.03. The van der Waals surface area contributed by atoms with Crippen molar-refractivity contribution < 1.29 is 4.79 Å². The molecule has 2 heterocycles. The second-order valence-electron chi connectivity index (χ2n) is 6.78. The van der Waals surface area contributed by atoms with Crippen molar-refractivity contribution in [2.75, 3.05) is 5.32 Å². The van der Waals surface area contributed by atoms with Gasteiger partial charge in [-0.05, 0) is 37.1 Å². The van der Waals surface area contributed by atoms with E-state index in [0.717, 1.165) is 34.6 Å². The Kier molecular flexibility index (Phi) is 4.05. The highest BCUT2D eigenvalue weighted by atomic mass is 32.1. The average molecular weight is 391 g/mol. The summed E-state index contributed by atoms with van der Waals surface area (Å²) in [5.74, 6) is 0.687. The van der Waals surface area contributed by atoms with Gasteiger partial charge in [-0.15, -0.1) is 0 Å². The molecule has 0 saturated heterocycles. The second kappa shape index (κ2) is 6.72. The summed E-state index contributed by atoms with van der Waals surface area (Å²) < 4.78 is 3.85. The lowest BCUT2D eigenvalue weighted by molar-refractivity contribution is -0.117. The van der Waals surface area contributed by atoms with Gasteiger partial charge in [0.15, 0.2) is 5.13 Å². The summed E-state index contributed by atoms with van der Waals surface area (Å²) in [4.78, 5) is 29.8. The maximum Gasteiger partial charge on any atom is 0.351 e. The first-order chi connectivity index (χ1) is 13.7. The molecule has 8 heteroatoms. The Morgan fingerprint density at radius 2 is 1.86 bits per heavy atom. The third kappa shape index (κ3) is 3.11. The molecule has 5 rings (SSSR count). The summed E-state index contributed by atoms with van der Waals surface area (Å²) in [7, 11) is 0. The van der Waals surface area contributed by atoms with E-state index in [9.17, 15) is 9.59 Å². The molecule has 2 aromatic heterocycles. The van der Waals surface area contributed by atoms with Crippen LogP contribution in [0.15, 0.2) is 59.4 Å². The van der Waals surface area contributed by atoms with E-state index in [4.69, 9.17) is 0 Å². The van der Waals surface area contributed by atoms with Crippen LogP contribution in [0.25, 0.3) is 15.9 Å². The van der Waals surface area contributed by atoms with Crippen molar-refractivity contribution in [3.05, 3.63) is 70.9 Å². The molecule has 0 spiro atoms. The predicted octanol–water partition coefficient (Wildman–Crippen LogP) is 3.16. The van der Waals surface area contributed by atoms with Crippen molar-refractivity contribution in [3.63, 3.8) is 0 Å². The Balaban J connectivity index is 1.42. The fourth-order valence-corrected chi connectivity index (χ4v) is 4.06. The van der Waals surface area contributed by atoms with Crippen molar-refractivity contribution >= 4 is 32.6 Å². The lowest BCUT2D eigenvalue weighted by Gasteiger charge is -2.03. The number of amides is 1. The first-order valence-corrected chi connectivity index (χ1v) is 9.91. The number of benzene rings is 2. The lowest BCUT2D eigenvalue weighted by Crippen LogP contribution is -2.29. The Morgan fingerprint density at radius 3 is 2.61 bits per heavy atom. The number of hydrogen-bond donors (Lipinski definition) is 1. The zero-order valence-corrected chi connectivity index (χ0v) is 15.7. The highest BCUT2D eigenvalue weighted by Crippen LogP contribution is 2.39. The Bertz CT molecular complexity index is 1190. The van der Waals surface area contributed by atoms with Gasteiger partial charge in [0.2, 0.25) is 5.91 Å². The van der Waals surface area contributed by atoms with Crippen LogP contribution >= 0.6 is 11.3 Å². The summed E-state index contributed by atoms with van der Waals surface area (Å²) in [5.41, 5.74) is 1.31. The van der Waals surface area contributed by atoms with Gasteiger partial charge in [-0.3, -0.25) is 4.79 Å². The third-order valence-electron chi connectivity index (χ3n) is 4.65. The number of aromatic nitrogens is 4. The van der Waals surface area contributed by atoms with E-state index in [-0.39, 0.29) is 24.1 Å². The first-order valence-electron chi connectivity index (χ1n) is 9.09. The molecular weight excluding hydrogens is 374 g/mol. The topological polar surface area (TPSA) is 81.8 Å². The van der Waals surface area contributed by atoms with Gasteiger partial charge >= 0.3 is 5.69 Å². The Labute approximate surface area is 164 Å². The quantitative estimate of drug-likeness (QED) is 0.567. The van der Waals surface area contributed by atoms with Crippen LogP contribution in [0.3, 0.4) is 0 Å². The molecule has 1 aliphatic rings. The summed E-state index contributed by atoms with van der Waals surface area (Å²) in [6, 6.07) is 17.1. The number of thiazole rings is 1. The predicted molar refractivity (Wildman–Crippen MR) is 108 cm³/mol. The minimum Gasteiger partial charge on any atom is -0.300 e. The van der Waals surface area contributed by atoms with Crippen LogP contribution in [0.1, 0.15) is 24.6 Å². The summed E-state index contributed by atoms with van der Waals surface area (Å²) in [6.45, 7) is -0.145. The van der Waals surface area contributed by atoms with E-state index in [1.165, 1.54) is 16.0 Å². The van der Waals surface area contributed by atoms with Crippen LogP contribution in [0.4, 0.5) is 5.13 Å². The highest BCUT2D eigenvalue weighted by Gasteiger charge is 2.31. The van der Waals surface area contributed by atoms with Crippen LogP contribution in [0, 0.1) is 0 Å². The molecule has 1 aliphatic carbocycles. The molecule has 4 aromatic rings. The number of carbonyl (C=O) groups excluding carboxylic acids is 1. The van der Waals surface area contributed by atoms with Crippen molar-refractivity contribution in [2.24, 2.45) is 0 Å². The van der Waals surface area contributed by atoms with Gasteiger partial charge in [0.25, 0.3) is 0 Å². The molecule has 1 N–H and O–H groups in total. The number of hydrogen-bond acceptors (Lipinski definition) is 5. The van der Waals surface area contributed by atoms with Gasteiger partial charge in [-0.1, -0.05) is 41.7 Å². The minimum atomic E-state index is -0.318. The summed E-state index contributed by atoms with van der Waals surface area (Å²) in [5, 5.41) is 7.76. The van der Waals surface area contributed by atoms with Crippen LogP contribution in [-0.4, -0.2) is 25.2 Å². The lowest BCUT2D eigenvalue weighted by atomic mass is 10.3. The average Bonchev–Trinajstić information content (AvgIpc) is 3.39. The molecule has 28 heavy (non-hydrogen) atoms. The number of nitrogens with one attached hydrogen (secondary N) is 1. The van der Waals surface area contributed by atoms with Crippen LogP contribution < -0.4 is 11.0 Å². The molecule has 1 fully saturated rings. The molecule has 140 valence electrons. The van der Waals surface area contributed by atoms with E-state index in [1.54, 1.807) is 4.57 Å². The van der Waals surface area contributed by atoms with Gasteiger partial charge in [-0.2, -0.15) is 5.10 Å². The van der Waals surface area contributed by atoms with Crippen LogP contribution in [-0.2, 0) is 11.3 Å². The number of fused-ring (bicyclic) bond motifs is 1. The van der Waals surface area contributed by atoms with E-state index in [2.05, 4.69) is 15.4 Å². The SMILES string of the molecule is O=C(Cn1nc(C2CC2)n(-c2ccccc2)c1=O)Nc1nc2ccccc2s1. The minimum absolute atomic E-state index is 0.145. The van der Waals surface area contributed by atoms with Gasteiger partial charge in [0.05, 0.1) is 15.9 Å². The van der Waals surface area contributed by atoms with Gasteiger partial charge in [0.1, 0.15) is 12.4 Å². The van der Waals surface area contributed by atoms with Gasteiger partial charge in [-0.25, -0.2) is 19.0 Å². The molecule has 0 radical (unpaired) electrons. The van der Waals surface area contributed by atoms with E-state index in [0.29, 0.717) is 5.13 Å². The van der Waals surface area contributed by atoms with Crippen molar-refractivity contribution in [1.82, 2.24) is 19.3 Å². The molecule has 0 aliphatic heterocycles. The fraction of sp³-hybridized carbons (Fsp3) is 0.200. The number of para-hydroxylation sites is 2. The zero-order valence-electron chi connectivity index (χ0n) is 14.9. The van der Waals surface area contributed by atoms with Crippen molar-refractivity contribution in [1.29, 1.82) is 0 Å². The maximum absolute atomic E-state index is 12.9. The van der Waals surface area contributed by atoms with E-state index in [1.807, 2.05) is 54.6 Å². The fourth-order valence-electron chi connectivity index (χ4n) is 3.17. The smallest absolute Gasteiger partial charge is 0.300 e. The van der Waals surface area contributed by atoms with Crippen LogP contribution in [0.2, 0.25) is 0 Å². The Morgan fingerprint density at radius 1 is 1.11 bits per heavy atom. The van der Waals surface area contributed by atoms with Gasteiger partial charge < -0.3 is 5.32 Å². The molecule has 0 unspecified atom stereocenters. The Hall–Kier alpha value is -3.26. The molecule has 7 nitrogen and oxygen atoms in total. The normalized spacial score (nSPS) is 13.7. The van der Waals surface area contributed by atoms with E-state index < -0.39 is 0 Å². The molecule has 1 amide bonds. The third-order valence-corrected chi connectivity index (χ3v) is 5.61. The monoisotopic (exact) mass is 391 g/mol. The zero-order chi connectivity index (χ0) is 19.1. The first kappa shape index (κ1) is 16.9. The number of rotatable bonds is 5. The standard InChI is InChI=1S/C20H17N5O2S/c26-17(22-19-21-15-8-4-5-9-16(15)28-19)12-24-20(27)25(14-6-2-1-3-7-14)18(23-24)13-10-11-13/h1-9,13H,10-12H2,(H,21,22,26). The molecule has 2 aromatic carbocycles. The highest BCUT2D eigenvalue weighted by molar-refractivity contribution is 7.22. The van der Waals surface area contributed by atoms with Crippen molar-refractivity contribution in [2.45, 2.75) is 25.3 Å². The molecule has 0 atom stereocenters. The molecular formula is C20H17N5O2S. The van der Waals surface area contributed by atoms with Crippen LogP contribution in [0.5, 0.6) is 0 Å². The summed E-state index contributed by atoms with van der Waals surface area (Å²) >= 11 is 1.40. The molecule has 0 bridgehead atoms. The van der Waals surface area contributed by atoms with Gasteiger partial charge in [0, 0.05) is 5.92 Å². The number of nitrogens with zero attached hydrogens (tertiary/aromatic N) is 4. The second-order valence-corrected chi connectivity index (χ2v) is 7.81.